The van der Waals surface area contributed by atoms with Crippen LogP contribution in [0.3, 0.4) is 0 Å². The molecule has 2 atom stereocenters. The summed E-state index contributed by atoms with van der Waals surface area (Å²) in [6.07, 6.45) is 0. The number of sulfonamides is 1. The largest absolute Gasteiger partial charge is 0.465 e. The zero-order chi connectivity index (χ0) is 18.2. The van der Waals surface area contributed by atoms with Gasteiger partial charge in [0.15, 0.2) is 0 Å². The first kappa shape index (κ1) is 17.9. The van der Waals surface area contributed by atoms with Crippen LogP contribution in [-0.4, -0.2) is 26.9 Å². The van der Waals surface area contributed by atoms with Crippen LogP contribution < -0.4 is 4.72 Å². The van der Waals surface area contributed by atoms with Crippen LogP contribution in [-0.2, 0) is 14.8 Å². The second-order valence-electron chi connectivity index (χ2n) is 5.62. The van der Waals surface area contributed by atoms with E-state index < -0.39 is 32.1 Å². The van der Waals surface area contributed by atoms with Gasteiger partial charge in [-0.1, -0.05) is 25.1 Å². The fourth-order valence-corrected chi connectivity index (χ4v) is 5.62. The molecule has 0 bridgehead atoms. The average molecular weight is 381 g/mol. The van der Waals surface area contributed by atoms with Crippen molar-refractivity contribution in [2.45, 2.75) is 28.0 Å². The van der Waals surface area contributed by atoms with Crippen molar-refractivity contribution in [2.75, 3.05) is 7.11 Å². The Bertz CT molecular complexity index is 930. The SMILES string of the molecule is COC(=O)c1ccc(S(=O)(=O)NC2Sc3ccccc3C2C)c(F)c1. The molecule has 0 aromatic heterocycles. The number of methoxy groups -OCH3 is 1. The van der Waals surface area contributed by atoms with Crippen molar-refractivity contribution in [3.63, 3.8) is 0 Å². The molecule has 1 aliphatic heterocycles. The van der Waals surface area contributed by atoms with Crippen LogP contribution in [0.15, 0.2) is 52.3 Å². The van der Waals surface area contributed by atoms with Gasteiger partial charge in [0.1, 0.15) is 10.7 Å². The molecule has 0 saturated heterocycles. The van der Waals surface area contributed by atoms with E-state index in [1.54, 1.807) is 0 Å². The van der Waals surface area contributed by atoms with Crippen LogP contribution in [0.5, 0.6) is 0 Å². The molecule has 0 amide bonds. The Hall–Kier alpha value is -1.90. The van der Waals surface area contributed by atoms with E-state index >= 15 is 0 Å². The van der Waals surface area contributed by atoms with Crippen LogP contribution in [0.1, 0.15) is 28.8 Å². The maximum atomic E-state index is 14.2. The first-order valence-electron chi connectivity index (χ1n) is 7.49. The predicted octanol–water partition coefficient (Wildman–Crippen LogP) is 3.13. The number of ether oxygens (including phenoxy) is 1. The third-order valence-electron chi connectivity index (χ3n) is 4.03. The minimum Gasteiger partial charge on any atom is -0.465 e. The smallest absolute Gasteiger partial charge is 0.337 e. The van der Waals surface area contributed by atoms with Gasteiger partial charge in [0, 0.05) is 10.8 Å². The molecule has 3 rings (SSSR count). The van der Waals surface area contributed by atoms with Gasteiger partial charge in [-0.3, -0.25) is 0 Å². The van der Waals surface area contributed by atoms with E-state index in [-0.39, 0.29) is 11.5 Å². The Morgan fingerprint density at radius 1 is 1.24 bits per heavy atom. The second kappa shape index (κ2) is 6.78. The lowest BCUT2D eigenvalue weighted by Gasteiger charge is -2.17. The van der Waals surface area contributed by atoms with Gasteiger partial charge in [0.2, 0.25) is 10.0 Å². The third-order valence-corrected chi connectivity index (χ3v) is 7.06. The number of hydrogen-bond donors (Lipinski definition) is 1. The van der Waals surface area contributed by atoms with Crippen LogP contribution in [0.4, 0.5) is 4.39 Å². The minimum absolute atomic E-state index is 0.0463. The van der Waals surface area contributed by atoms with Gasteiger partial charge in [0.25, 0.3) is 0 Å². The molecule has 1 N–H and O–H groups in total. The Kier molecular flexibility index (Phi) is 4.86. The number of thioether (sulfide) groups is 1. The fraction of sp³-hybridized carbons (Fsp3) is 0.235. The Morgan fingerprint density at radius 2 is 1.96 bits per heavy atom. The minimum atomic E-state index is -4.07. The number of carbonyl (C=O) groups excluding carboxylic acids is 1. The Balaban J connectivity index is 1.85. The van der Waals surface area contributed by atoms with Gasteiger partial charge in [-0.05, 0) is 29.8 Å². The first-order valence-corrected chi connectivity index (χ1v) is 9.85. The zero-order valence-corrected chi connectivity index (χ0v) is 15.2. The maximum Gasteiger partial charge on any atom is 0.337 e. The van der Waals surface area contributed by atoms with Crippen LogP contribution in [0.2, 0.25) is 0 Å². The summed E-state index contributed by atoms with van der Waals surface area (Å²) in [6, 6.07) is 10.8. The molecule has 2 unspecified atom stereocenters. The number of esters is 1. The summed E-state index contributed by atoms with van der Waals surface area (Å²) in [5.74, 6) is -1.77. The number of benzene rings is 2. The maximum absolute atomic E-state index is 14.2. The molecule has 8 heteroatoms. The van der Waals surface area contributed by atoms with Crippen LogP contribution >= 0.6 is 11.8 Å². The summed E-state index contributed by atoms with van der Waals surface area (Å²) in [7, 11) is -2.90. The molecule has 0 radical (unpaired) electrons. The van der Waals surface area contributed by atoms with Crippen molar-refractivity contribution >= 4 is 27.8 Å². The summed E-state index contributed by atoms with van der Waals surface area (Å²) in [5.41, 5.74) is 1.01. The Morgan fingerprint density at radius 3 is 2.60 bits per heavy atom. The van der Waals surface area contributed by atoms with Crippen molar-refractivity contribution in [2.24, 2.45) is 0 Å². The lowest BCUT2D eigenvalue weighted by Crippen LogP contribution is -2.34. The van der Waals surface area contributed by atoms with Crippen LogP contribution in [0, 0.1) is 5.82 Å². The molecule has 1 heterocycles. The lowest BCUT2D eigenvalue weighted by atomic mass is 10.0. The van der Waals surface area contributed by atoms with E-state index in [0.717, 1.165) is 22.6 Å². The van der Waals surface area contributed by atoms with Crippen molar-refractivity contribution in [1.82, 2.24) is 4.72 Å². The van der Waals surface area contributed by atoms with Crippen molar-refractivity contribution < 1.29 is 22.3 Å². The van der Waals surface area contributed by atoms with Crippen LogP contribution in [0.25, 0.3) is 0 Å². The number of hydrogen-bond acceptors (Lipinski definition) is 5. The normalized spacial score (nSPS) is 19.5. The van der Waals surface area contributed by atoms with E-state index in [4.69, 9.17) is 0 Å². The van der Waals surface area contributed by atoms with Gasteiger partial charge in [0.05, 0.1) is 18.0 Å². The lowest BCUT2D eigenvalue weighted by molar-refractivity contribution is 0.0600. The highest BCUT2D eigenvalue weighted by Crippen LogP contribution is 2.44. The van der Waals surface area contributed by atoms with Gasteiger partial charge in [-0.2, -0.15) is 4.72 Å². The highest BCUT2D eigenvalue weighted by atomic mass is 32.2. The van der Waals surface area contributed by atoms with E-state index in [9.17, 15) is 17.6 Å². The summed E-state index contributed by atoms with van der Waals surface area (Å²) < 4.78 is 46.4. The highest BCUT2D eigenvalue weighted by Gasteiger charge is 2.34. The monoisotopic (exact) mass is 381 g/mol. The molecule has 0 spiro atoms. The number of nitrogens with one attached hydrogen (secondary N) is 1. The second-order valence-corrected chi connectivity index (χ2v) is 8.49. The summed E-state index contributed by atoms with van der Waals surface area (Å²) in [6.45, 7) is 1.92. The molecule has 2 aromatic carbocycles. The fourth-order valence-electron chi connectivity index (χ4n) is 2.67. The molecule has 25 heavy (non-hydrogen) atoms. The van der Waals surface area contributed by atoms with Gasteiger partial charge in [-0.25, -0.2) is 17.6 Å². The van der Waals surface area contributed by atoms with Crippen molar-refractivity contribution in [1.29, 1.82) is 0 Å². The first-order chi connectivity index (χ1) is 11.8. The van der Waals surface area contributed by atoms with E-state index in [0.29, 0.717) is 0 Å². The standard InChI is InChI=1S/C17H16FNO4S2/c1-10-12-5-3-4-6-14(12)24-16(10)19-25(21,22)15-8-7-11(9-13(15)18)17(20)23-2/h3-10,16,19H,1-2H3. The molecule has 0 saturated carbocycles. The molecular formula is C17H16FNO4S2. The van der Waals surface area contributed by atoms with E-state index in [2.05, 4.69) is 9.46 Å². The van der Waals surface area contributed by atoms with Crippen molar-refractivity contribution in [3.05, 3.63) is 59.4 Å². The summed E-state index contributed by atoms with van der Waals surface area (Å²) in [5, 5.41) is -0.429. The van der Waals surface area contributed by atoms with Gasteiger partial charge in [-0.15, -0.1) is 11.8 Å². The molecule has 132 valence electrons. The summed E-state index contributed by atoms with van der Waals surface area (Å²) >= 11 is 1.40. The zero-order valence-electron chi connectivity index (χ0n) is 13.5. The Labute approximate surface area is 149 Å². The molecule has 5 nitrogen and oxygen atoms in total. The molecule has 1 aliphatic rings. The highest BCUT2D eigenvalue weighted by molar-refractivity contribution is 8.01. The number of rotatable bonds is 4. The quantitative estimate of drug-likeness (QED) is 0.824. The number of fused-ring (bicyclic) bond motifs is 1. The topological polar surface area (TPSA) is 72.5 Å². The number of carbonyl (C=O) groups is 1. The molecule has 2 aromatic rings. The average Bonchev–Trinajstić information content (AvgIpc) is 2.89. The predicted molar refractivity (Wildman–Crippen MR) is 92.6 cm³/mol. The van der Waals surface area contributed by atoms with Crippen molar-refractivity contribution in [3.8, 4) is 0 Å². The molecular weight excluding hydrogens is 365 g/mol. The third kappa shape index (κ3) is 3.42. The van der Waals surface area contributed by atoms with Gasteiger partial charge < -0.3 is 4.74 Å². The van der Waals surface area contributed by atoms with Gasteiger partial charge >= 0.3 is 5.97 Å². The van der Waals surface area contributed by atoms with E-state index in [1.807, 2.05) is 31.2 Å². The van der Waals surface area contributed by atoms with E-state index in [1.165, 1.54) is 24.9 Å². The summed E-state index contributed by atoms with van der Waals surface area (Å²) in [4.78, 5) is 11.9. The molecule has 0 aliphatic carbocycles. The molecule has 0 fully saturated rings. The number of halogens is 1.